The number of benzene rings is 2. The van der Waals surface area contributed by atoms with Crippen molar-refractivity contribution >= 4 is 17.5 Å². The maximum absolute atomic E-state index is 12.5. The van der Waals surface area contributed by atoms with Gasteiger partial charge in [-0.05, 0) is 30.3 Å². The number of ether oxygens (including phenoxy) is 2. The number of anilines is 1. The quantitative estimate of drug-likeness (QED) is 0.693. The van der Waals surface area contributed by atoms with Crippen LogP contribution in [0.3, 0.4) is 0 Å². The second kappa shape index (κ2) is 5.83. The van der Waals surface area contributed by atoms with Crippen molar-refractivity contribution in [1.82, 2.24) is 0 Å². The first-order chi connectivity index (χ1) is 11.1. The summed E-state index contributed by atoms with van der Waals surface area (Å²) in [6.07, 6.45) is -0.801. The molecule has 2 aromatic rings. The summed E-state index contributed by atoms with van der Waals surface area (Å²) in [5.74, 6) is -0.832. The normalized spacial score (nSPS) is 13.8. The summed E-state index contributed by atoms with van der Waals surface area (Å²) in [5, 5.41) is 9.97. The molecule has 0 bridgehead atoms. The summed E-state index contributed by atoms with van der Waals surface area (Å²) in [5.41, 5.74) is 1.41. The van der Waals surface area contributed by atoms with Gasteiger partial charge >= 0.3 is 0 Å². The van der Waals surface area contributed by atoms with Crippen molar-refractivity contribution in [3.63, 3.8) is 0 Å². The van der Waals surface area contributed by atoms with Gasteiger partial charge in [-0.1, -0.05) is 12.1 Å². The van der Waals surface area contributed by atoms with Gasteiger partial charge in [0.25, 0.3) is 11.8 Å². The molecule has 1 aliphatic rings. The number of phenols is 1. The van der Waals surface area contributed by atoms with Crippen molar-refractivity contribution in [2.24, 2.45) is 0 Å². The largest absolute Gasteiger partial charge is 0.507 e. The molecule has 1 N–H and O–H groups in total. The van der Waals surface area contributed by atoms with Gasteiger partial charge in [-0.3, -0.25) is 9.59 Å². The molecule has 0 fully saturated rings. The Morgan fingerprint density at radius 1 is 0.957 bits per heavy atom. The molecule has 6 heteroatoms. The lowest BCUT2D eigenvalue weighted by molar-refractivity contribution is -0.106. The second-order valence-electron chi connectivity index (χ2n) is 5.04. The number of phenolic OH excluding ortho intramolecular Hbond substituents is 1. The molecule has 6 nitrogen and oxygen atoms in total. The van der Waals surface area contributed by atoms with Crippen LogP contribution in [-0.4, -0.2) is 31.1 Å². The van der Waals surface area contributed by atoms with Crippen LogP contribution in [0.5, 0.6) is 5.75 Å². The van der Waals surface area contributed by atoms with Gasteiger partial charge in [-0.25, -0.2) is 4.90 Å². The van der Waals surface area contributed by atoms with Gasteiger partial charge in [0.05, 0.1) is 22.4 Å². The molecule has 118 valence electrons. The predicted molar refractivity (Wildman–Crippen MR) is 82.4 cm³/mol. The van der Waals surface area contributed by atoms with Gasteiger partial charge < -0.3 is 14.6 Å². The Hall–Kier alpha value is -2.70. The van der Waals surface area contributed by atoms with Crippen LogP contribution >= 0.6 is 0 Å². The first kappa shape index (κ1) is 15.2. The van der Waals surface area contributed by atoms with Crippen LogP contribution in [0.2, 0.25) is 0 Å². The first-order valence-corrected chi connectivity index (χ1v) is 6.94. The number of hydrogen-bond donors (Lipinski definition) is 1. The van der Waals surface area contributed by atoms with Crippen molar-refractivity contribution in [2.45, 2.75) is 6.29 Å². The van der Waals surface area contributed by atoms with E-state index in [-0.39, 0.29) is 5.75 Å². The standard InChI is InChI=1S/C17H15NO5/c1-22-17(23-2)13-9-10(7-8-14(13)19)18-15(20)11-5-3-4-6-12(11)16(18)21/h3-9,17,19H,1-2H3. The Labute approximate surface area is 132 Å². The zero-order chi connectivity index (χ0) is 16.6. The maximum atomic E-state index is 12.5. The smallest absolute Gasteiger partial charge is 0.266 e. The molecule has 3 rings (SSSR count). The Morgan fingerprint density at radius 3 is 2.04 bits per heavy atom. The molecular weight excluding hydrogens is 298 g/mol. The number of fused-ring (bicyclic) bond motifs is 1. The third-order valence-electron chi connectivity index (χ3n) is 3.75. The van der Waals surface area contributed by atoms with Crippen LogP contribution in [0.1, 0.15) is 32.6 Å². The van der Waals surface area contributed by atoms with E-state index in [1.54, 1.807) is 24.3 Å². The maximum Gasteiger partial charge on any atom is 0.266 e. The highest BCUT2D eigenvalue weighted by Crippen LogP contribution is 2.34. The number of hydrogen-bond acceptors (Lipinski definition) is 5. The summed E-state index contributed by atoms with van der Waals surface area (Å²) >= 11 is 0. The Bertz CT molecular complexity index is 747. The van der Waals surface area contributed by atoms with Gasteiger partial charge in [0.2, 0.25) is 0 Å². The molecule has 0 radical (unpaired) electrons. The topological polar surface area (TPSA) is 76.1 Å². The molecule has 0 saturated heterocycles. The molecule has 0 aromatic heterocycles. The highest BCUT2D eigenvalue weighted by atomic mass is 16.7. The summed E-state index contributed by atoms with van der Waals surface area (Å²) in [6.45, 7) is 0. The van der Waals surface area contributed by atoms with E-state index in [4.69, 9.17) is 9.47 Å². The van der Waals surface area contributed by atoms with Crippen molar-refractivity contribution in [3.8, 4) is 5.75 Å². The molecular formula is C17H15NO5. The SMILES string of the molecule is COC(OC)c1cc(N2C(=O)c3ccccc3C2=O)ccc1O. The van der Waals surface area contributed by atoms with Crippen molar-refractivity contribution in [2.75, 3.05) is 19.1 Å². The van der Waals surface area contributed by atoms with Crippen molar-refractivity contribution in [1.29, 1.82) is 0 Å². The Kier molecular flexibility index (Phi) is 3.85. The van der Waals surface area contributed by atoms with E-state index in [1.807, 2.05) is 0 Å². The van der Waals surface area contributed by atoms with Crippen LogP contribution in [0.15, 0.2) is 42.5 Å². The van der Waals surface area contributed by atoms with Gasteiger partial charge in [0.15, 0.2) is 6.29 Å². The van der Waals surface area contributed by atoms with Crippen LogP contribution < -0.4 is 4.90 Å². The summed E-state index contributed by atoms with van der Waals surface area (Å²) in [4.78, 5) is 26.1. The van der Waals surface area contributed by atoms with E-state index in [0.29, 0.717) is 22.4 Å². The van der Waals surface area contributed by atoms with Gasteiger partial charge in [-0.15, -0.1) is 0 Å². The number of imide groups is 1. The minimum atomic E-state index is -0.801. The highest BCUT2D eigenvalue weighted by Gasteiger charge is 2.36. The molecule has 1 heterocycles. The molecule has 1 aliphatic heterocycles. The van der Waals surface area contributed by atoms with Gasteiger partial charge in [0, 0.05) is 14.2 Å². The summed E-state index contributed by atoms with van der Waals surface area (Å²) < 4.78 is 10.3. The molecule has 0 saturated carbocycles. The van der Waals surface area contributed by atoms with Crippen LogP contribution in [-0.2, 0) is 9.47 Å². The van der Waals surface area contributed by atoms with Crippen molar-refractivity contribution < 1.29 is 24.2 Å². The summed E-state index contributed by atoms with van der Waals surface area (Å²) in [6, 6.07) is 11.1. The molecule has 0 spiro atoms. The number of rotatable bonds is 4. The van der Waals surface area contributed by atoms with E-state index in [2.05, 4.69) is 0 Å². The Balaban J connectivity index is 2.05. The van der Waals surface area contributed by atoms with E-state index < -0.39 is 18.1 Å². The zero-order valence-corrected chi connectivity index (χ0v) is 12.6. The van der Waals surface area contributed by atoms with Gasteiger partial charge in [-0.2, -0.15) is 0 Å². The summed E-state index contributed by atoms with van der Waals surface area (Å²) in [7, 11) is 2.87. The zero-order valence-electron chi connectivity index (χ0n) is 12.6. The third-order valence-corrected chi connectivity index (χ3v) is 3.75. The Morgan fingerprint density at radius 2 is 1.52 bits per heavy atom. The number of nitrogens with zero attached hydrogens (tertiary/aromatic N) is 1. The number of carbonyl (C=O) groups excluding carboxylic acids is 2. The fraction of sp³-hybridized carbons (Fsp3) is 0.176. The highest BCUT2D eigenvalue weighted by molar-refractivity contribution is 6.34. The van der Waals surface area contributed by atoms with E-state index in [9.17, 15) is 14.7 Å². The number of methoxy groups -OCH3 is 2. The molecule has 0 unspecified atom stereocenters. The monoisotopic (exact) mass is 313 g/mol. The minimum absolute atomic E-state index is 0.0425. The fourth-order valence-electron chi connectivity index (χ4n) is 2.64. The van der Waals surface area contributed by atoms with E-state index in [0.717, 1.165) is 4.90 Å². The van der Waals surface area contributed by atoms with Gasteiger partial charge in [0.1, 0.15) is 5.75 Å². The lowest BCUT2D eigenvalue weighted by Gasteiger charge is -2.19. The van der Waals surface area contributed by atoms with E-state index in [1.165, 1.54) is 32.4 Å². The number of carbonyl (C=O) groups is 2. The van der Waals surface area contributed by atoms with Crippen LogP contribution in [0.25, 0.3) is 0 Å². The fourth-order valence-corrected chi connectivity index (χ4v) is 2.64. The average molecular weight is 313 g/mol. The first-order valence-electron chi connectivity index (χ1n) is 6.94. The second-order valence-corrected chi connectivity index (χ2v) is 5.04. The van der Waals surface area contributed by atoms with E-state index >= 15 is 0 Å². The number of aromatic hydroxyl groups is 1. The third kappa shape index (κ3) is 2.38. The molecule has 23 heavy (non-hydrogen) atoms. The molecule has 0 aliphatic carbocycles. The lowest BCUT2D eigenvalue weighted by atomic mass is 10.1. The average Bonchev–Trinajstić information content (AvgIpc) is 2.82. The molecule has 2 aromatic carbocycles. The molecule has 2 amide bonds. The lowest BCUT2D eigenvalue weighted by Crippen LogP contribution is -2.29. The number of amides is 2. The predicted octanol–water partition coefficient (Wildman–Crippen LogP) is 2.48. The minimum Gasteiger partial charge on any atom is -0.507 e. The van der Waals surface area contributed by atoms with Crippen molar-refractivity contribution in [3.05, 3.63) is 59.2 Å². The van der Waals surface area contributed by atoms with Crippen LogP contribution in [0, 0.1) is 0 Å². The molecule has 0 atom stereocenters. The van der Waals surface area contributed by atoms with Crippen LogP contribution in [0.4, 0.5) is 5.69 Å².